The van der Waals surface area contributed by atoms with Crippen molar-refractivity contribution in [3.05, 3.63) is 0 Å². The number of nitrogens with two attached hydrogens (primary N) is 3. The van der Waals surface area contributed by atoms with Gasteiger partial charge in [0.2, 0.25) is 0 Å². The summed E-state index contributed by atoms with van der Waals surface area (Å²) >= 11 is 0. The molecule has 0 radical (unpaired) electrons. The van der Waals surface area contributed by atoms with Crippen LogP contribution in [0.15, 0.2) is 0 Å². The Hall–Kier alpha value is -0.120. The molecule has 0 aromatic carbocycles. The summed E-state index contributed by atoms with van der Waals surface area (Å²) in [6, 6.07) is 0.538. The molecule has 10 heavy (non-hydrogen) atoms. The van der Waals surface area contributed by atoms with Crippen molar-refractivity contribution in [1.29, 1.82) is 0 Å². The molecule has 4 unspecified atom stereocenters. The Morgan fingerprint density at radius 2 is 1.40 bits per heavy atom. The second-order valence-corrected chi connectivity index (χ2v) is 3.44. The predicted molar refractivity (Wildman–Crippen MR) is 42.3 cm³/mol. The normalized spacial score (nSPS) is 49.2. The Bertz CT molecular complexity index is 89.4. The molecule has 0 spiro atoms. The van der Waals surface area contributed by atoms with Crippen molar-refractivity contribution in [1.82, 2.24) is 0 Å². The van der Waals surface area contributed by atoms with Crippen LogP contribution < -0.4 is 17.2 Å². The van der Waals surface area contributed by atoms with Crippen LogP contribution in [-0.2, 0) is 0 Å². The lowest BCUT2D eigenvalue weighted by Gasteiger charge is -2.34. The van der Waals surface area contributed by atoms with Crippen molar-refractivity contribution < 1.29 is 0 Å². The first kappa shape index (κ1) is 7.98. The van der Waals surface area contributed by atoms with Crippen molar-refractivity contribution in [2.45, 2.75) is 37.9 Å². The highest BCUT2D eigenvalue weighted by Crippen LogP contribution is 2.20. The van der Waals surface area contributed by atoms with Gasteiger partial charge in [0.05, 0.1) is 0 Å². The third-order valence-electron chi connectivity index (χ3n) is 2.47. The van der Waals surface area contributed by atoms with Gasteiger partial charge >= 0.3 is 0 Å². The zero-order chi connectivity index (χ0) is 7.72. The van der Waals surface area contributed by atoms with Crippen LogP contribution in [-0.4, -0.2) is 18.1 Å². The highest BCUT2D eigenvalue weighted by Gasteiger charge is 2.28. The van der Waals surface area contributed by atoms with Crippen LogP contribution in [0.2, 0.25) is 0 Å². The molecule has 1 aliphatic rings. The zero-order valence-electron chi connectivity index (χ0n) is 6.46. The maximum absolute atomic E-state index is 5.80. The molecular formula is C7H17N3. The summed E-state index contributed by atoms with van der Waals surface area (Å²) in [6.45, 7) is 2.14. The van der Waals surface area contributed by atoms with E-state index in [0.29, 0.717) is 5.92 Å². The minimum atomic E-state index is 0.117. The average molecular weight is 143 g/mol. The summed E-state index contributed by atoms with van der Waals surface area (Å²) in [5.41, 5.74) is 17.3. The summed E-state index contributed by atoms with van der Waals surface area (Å²) in [6.07, 6.45) is 1.85. The molecule has 0 aliphatic heterocycles. The van der Waals surface area contributed by atoms with Crippen molar-refractivity contribution >= 4 is 0 Å². The highest BCUT2D eigenvalue weighted by molar-refractivity contribution is 4.90. The molecule has 1 rings (SSSR count). The molecule has 6 N–H and O–H groups in total. The number of hydrogen-bond acceptors (Lipinski definition) is 3. The first-order valence-electron chi connectivity index (χ1n) is 3.88. The van der Waals surface area contributed by atoms with Gasteiger partial charge in [-0.3, -0.25) is 0 Å². The van der Waals surface area contributed by atoms with Gasteiger partial charge in [-0.15, -0.1) is 0 Å². The summed E-state index contributed by atoms with van der Waals surface area (Å²) in [5.74, 6) is 0.537. The maximum Gasteiger partial charge on any atom is 0.0207 e. The monoisotopic (exact) mass is 143 g/mol. The molecule has 1 fully saturated rings. The van der Waals surface area contributed by atoms with Gasteiger partial charge in [-0.1, -0.05) is 6.92 Å². The van der Waals surface area contributed by atoms with Gasteiger partial charge in [0.15, 0.2) is 0 Å². The second kappa shape index (κ2) is 2.86. The van der Waals surface area contributed by atoms with E-state index >= 15 is 0 Å². The molecule has 0 bridgehead atoms. The van der Waals surface area contributed by atoms with Crippen LogP contribution in [0.4, 0.5) is 0 Å². The SMILES string of the molecule is CC1CC(N)C(N)CC1N. The van der Waals surface area contributed by atoms with Gasteiger partial charge in [0, 0.05) is 18.1 Å². The van der Waals surface area contributed by atoms with E-state index in [2.05, 4.69) is 6.92 Å². The second-order valence-electron chi connectivity index (χ2n) is 3.44. The van der Waals surface area contributed by atoms with Crippen LogP contribution in [0.5, 0.6) is 0 Å². The number of hydrogen-bond donors (Lipinski definition) is 3. The molecule has 60 valence electrons. The summed E-state index contributed by atoms with van der Waals surface area (Å²) < 4.78 is 0. The molecule has 0 amide bonds. The van der Waals surface area contributed by atoms with E-state index in [9.17, 15) is 0 Å². The Morgan fingerprint density at radius 3 is 1.90 bits per heavy atom. The summed E-state index contributed by atoms with van der Waals surface area (Å²) in [4.78, 5) is 0. The van der Waals surface area contributed by atoms with Crippen molar-refractivity contribution in [3.8, 4) is 0 Å². The minimum Gasteiger partial charge on any atom is -0.327 e. The minimum absolute atomic E-state index is 0.117. The quantitative estimate of drug-likeness (QED) is 0.423. The van der Waals surface area contributed by atoms with E-state index in [1.54, 1.807) is 0 Å². The van der Waals surface area contributed by atoms with Crippen molar-refractivity contribution in [2.75, 3.05) is 0 Å². The van der Waals surface area contributed by atoms with Gasteiger partial charge in [-0.25, -0.2) is 0 Å². The molecule has 1 saturated carbocycles. The van der Waals surface area contributed by atoms with E-state index in [1.807, 2.05) is 0 Å². The molecule has 3 nitrogen and oxygen atoms in total. The highest BCUT2D eigenvalue weighted by atomic mass is 14.8. The molecule has 0 aromatic heterocycles. The molecule has 1 aliphatic carbocycles. The van der Waals surface area contributed by atoms with Crippen molar-refractivity contribution in [3.63, 3.8) is 0 Å². The lowest BCUT2D eigenvalue weighted by atomic mass is 9.81. The van der Waals surface area contributed by atoms with Crippen molar-refractivity contribution in [2.24, 2.45) is 23.1 Å². The zero-order valence-corrected chi connectivity index (χ0v) is 6.46. The van der Waals surface area contributed by atoms with E-state index in [4.69, 9.17) is 17.2 Å². The van der Waals surface area contributed by atoms with Gasteiger partial charge in [0.1, 0.15) is 0 Å². The maximum atomic E-state index is 5.80. The first-order valence-corrected chi connectivity index (χ1v) is 3.88. The average Bonchev–Trinajstić information content (AvgIpc) is 1.84. The number of rotatable bonds is 0. The third-order valence-corrected chi connectivity index (χ3v) is 2.47. The third kappa shape index (κ3) is 1.48. The van der Waals surface area contributed by atoms with E-state index in [1.165, 1.54) is 0 Å². The van der Waals surface area contributed by atoms with Crippen LogP contribution in [0.1, 0.15) is 19.8 Å². The largest absolute Gasteiger partial charge is 0.327 e. The van der Waals surface area contributed by atoms with E-state index < -0.39 is 0 Å². The summed E-state index contributed by atoms with van der Waals surface area (Å²) in [7, 11) is 0. The Kier molecular flexibility index (Phi) is 2.28. The molecule has 3 heteroatoms. The van der Waals surface area contributed by atoms with Gasteiger partial charge < -0.3 is 17.2 Å². The standard InChI is InChI=1S/C7H17N3/c1-4-2-6(9)7(10)3-5(4)8/h4-7H,2-3,8-10H2,1H3. The summed E-state index contributed by atoms with van der Waals surface area (Å²) in [5, 5.41) is 0. The first-order chi connectivity index (χ1) is 4.61. The van der Waals surface area contributed by atoms with Crippen LogP contribution >= 0.6 is 0 Å². The van der Waals surface area contributed by atoms with Gasteiger partial charge in [0.25, 0.3) is 0 Å². The lowest BCUT2D eigenvalue weighted by Crippen LogP contribution is -2.52. The Labute approximate surface area is 61.9 Å². The fourth-order valence-electron chi connectivity index (χ4n) is 1.50. The smallest absolute Gasteiger partial charge is 0.0207 e. The molecule has 0 saturated heterocycles. The Morgan fingerprint density at radius 1 is 0.900 bits per heavy atom. The predicted octanol–water partition coefficient (Wildman–Crippen LogP) is -0.602. The van der Waals surface area contributed by atoms with E-state index in [0.717, 1.165) is 12.8 Å². The lowest BCUT2D eigenvalue weighted by molar-refractivity contribution is 0.268. The Balaban J connectivity index is 2.46. The molecule has 0 heterocycles. The van der Waals surface area contributed by atoms with Gasteiger partial charge in [-0.05, 0) is 18.8 Å². The fourth-order valence-corrected chi connectivity index (χ4v) is 1.50. The fraction of sp³-hybridized carbons (Fsp3) is 1.00. The van der Waals surface area contributed by atoms with Crippen LogP contribution in [0, 0.1) is 5.92 Å². The van der Waals surface area contributed by atoms with E-state index in [-0.39, 0.29) is 18.1 Å². The molecule has 4 atom stereocenters. The van der Waals surface area contributed by atoms with Crippen LogP contribution in [0.3, 0.4) is 0 Å². The molecule has 0 aromatic rings. The topological polar surface area (TPSA) is 78.1 Å². The van der Waals surface area contributed by atoms with Gasteiger partial charge in [-0.2, -0.15) is 0 Å². The van der Waals surface area contributed by atoms with Crippen LogP contribution in [0.25, 0.3) is 0 Å². The molecular weight excluding hydrogens is 126 g/mol.